The van der Waals surface area contributed by atoms with Gasteiger partial charge in [-0.25, -0.2) is 0 Å². The van der Waals surface area contributed by atoms with E-state index in [4.69, 9.17) is 14.6 Å². The number of hydrogen-bond donors (Lipinski definition) is 3. The molecule has 0 aliphatic heterocycles. The second-order valence-corrected chi connectivity index (χ2v) is 6.83. The molecule has 0 unspecified atom stereocenters. The van der Waals surface area contributed by atoms with Crippen LogP contribution in [0.2, 0.25) is 0 Å². The highest BCUT2D eigenvalue weighted by molar-refractivity contribution is 9.10. The Morgan fingerprint density at radius 3 is 2.58 bits per heavy atom. The van der Waals surface area contributed by atoms with Crippen molar-refractivity contribution < 1.29 is 14.6 Å². The van der Waals surface area contributed by atoms with Gasteiger partial charge >= 0.3 is 0 Å². The molecule has 0 aromatic heterocycles. The van der Waals surface area contributed by atoms with Crippen molar-refractivity contribution in [3.05, 3.63) is 57.6 Å². The molecular weight excluding hydrogens is 396 g/mol. The lowest BCUT2D eigenvalue weighted by Crippen LogP contribution is -2.28. The molecule has 0 aliphatic rings. The minimum absolute atomic E-state index is 0.161. The third-order valence-electron chi connectivity index (χ3n) is 4.02. The van der Waals surface area contributed by atoms with E-state index < -0.39 is 0 Å². The second-order valence-electron chi connectivity index (χ2n) is 5.97. The average Bonchev–Trinajstić information content (AvgIpc) is 2.64. The summed E-state index contributed by atoms with van der Waals surface area (Å²) in [5.41, 5.74) is 3.47. The molecule has 0 amide bonds. The molecule has 2 rings (SSSR count). The highest BCUT2D eigenvalue weighted by atomic mass is 79.9. The molecule has 0 atom stereocenters. The van der Waals surface area contributed by atoms with Gasteiger partial charge in [0.1, 0.15) is 6.61 Å². The van der Waals surface area contributed by atoms with Crippen molar-refractivity contribution in [2.24, 2.45) is 0 Å². The first-order chi connectivity index (χ1) is 12.7. The van der Waals surface area contributed by atoms with Crippen molar-refractivity contribution in [3.8, 4) is 11.5 Å². The molecule has 0 fully saturated rings. The lowest BCUT2D eigenvalue weighted by atomic mass is 10.1. The minimum Gasteiger partial charge on any atom is -0.493 e. The van der Waals surface area contributed by atoms with Crippen LogP contribution in [0.25, 0.3) is 0 Å². The number of nitrogens with one attached hydrogen (secondary N) is 2. The number of benzene rings is 2. The standard InChI is InChI=1S/C20H27BrN2O3/c1-15-5-3-4-6-17(15)14-26-20-18(21)11-16(12-19(20)25-2)13-23-8-7-22-9-10-24/h3-6,11-12,22-24H,7-10,13-14H2,1-2H3. The monoisotopic (exact) mass is 422 g/mol. The summed E-state index contributed by atoms with van der Waals surface area (Å²) in [6.45, 7) is 5.72. The summed E-state index contributed by atoms with van der Waals surface area (Å²) in [7, 11) is 1.65. The predicted octanol–water partition coefficient (Wildman–Crippen LogP) is 3.02. The summed E-state index contributed by atoms with van der Waals surface area (Å²) in [5, 5.41) is 15.2. The second kappa shape index (κ2) is 11.2. The van der Waals surface area contributed by atoms with Gasteiger partial charge in [0.15, 0.2) is 11.5 Å². The van der Waals surface area contributed by atoms with Gasteiger partial charge in [0.2, 0.25) is 0 Å². The van der Waals surface area contributed by atoms with E-state index in [1.165, 1.54) is 5.56 Å². The molecule has 26 heavy (non-hydrogen) atoms. The van der Waals surface area contributed by atoms with Crippen LogP contribution in [0.5, 0.6) is 11.5 Å². The molecule has 0 radical (unpaired) electrons. The summed E-state index contributed by atoms with van der Waals surface area (Å²) in [6.07, 6.45) is 0. The van der Waals surface area contributed by atoms with Gasteiger partial charge in [-0.3, -0.25) is 0 Å². The molecule has 0 aliphatic carbocycles. The minimum atomic E-state index is 0.161. The third-order valence-corrected chi connectivity index (χ3v) is 4.61. The van der Waals surface area contributed by atoms with Gasteiger partial charge in [-0.1, -0.05) is 24.3 Å². The molecule has 2 aromatic rings. The number of halogens is 1. The fraction of sp³-hybridized carbons (Fsp3) is 0.400. The SMILES string of the molecule is COc1cc(CNCCNCCO)cc(Br)c1OCc1ccccc1C. The first-order valence-electron chi connectivity index (χ1n) is 8.71. The van der Waals surface area contributed by atoms with E-state index in [0.717, 1.165) is 35.2 Å². The van der Waals surface area contributed by atoms with Crippen molar-refractivity contribution in [1.82, 2.24) is 10.6 Å². The zero-order chi connectivity index (χ0) is 18.8. The lowest BCUT2D eigenvalue weighted by molar-refractivity contribution is 0.281. The summed E-state index contributed by atoms with van der Waals surface area (Å²) in [5.74, 6) is 1.42. The van der Waals surface area contributed by atoms with Crippen LogP contribution in [0.15, 0.2) is 40.9 Å². The average molecular weight is 423 g/mol. The van der Waals surface area contributed by atoms with E-state index in [2.05, 4.69) is 45.6 Å². The first kappa shape index (κ1) is 20.7. The molecule has 2 aromatic carbocycles. The fourth-order valence-electron chi connectivity index (χ4n) is 2.55. The van der Waals surface area contributed by atoms with Crippen LogP contribution in [0.4, 0.5) is 0 Å². The third kappa shape index (κ3) is 6.29. The summed E-state index contributed by atoms with van der Waals surface area (Å²) in [4.78, 5) is 0. The Bertz CT molecular complexity index is 695. The van der Waals surface area contributed by atoms with Gasteiger partial charge in [0.25, 0.3) is 0 Å². The number of methoxy groups -OCH3 is 1. The Hall–Kier alpha value is -1.60. The molecule has 0 saturated carbocycles. The highest BCUT2D eigenvalue weighted by Crippen LogP contribution is 2.37. The van der Waals surface area contributed by atoms with Gasteiger partial charge in [0.05, 0.1) is 18.2 Å². The molecule has 5 nitrogen and oxygen atoms in total. The summed E-state index contributed by atoms with van der Waals surface area (Å²) >= 11 is 3.60. The fourth-order valence-corrected chi connectivity index (χ4v) is 3.15. The maximum Gasteiger partial charge on any atom is 0.175 e. The first-order valence-corrected chi connectivity index (χ1v) is 9.51. The molecule has 6 heteroatoms. The van der Waals surface area contributed by atoms with Gasteiger partial charge in [-0.15, -0.1) is 0 Å². The maximum atomic E-state index is 8.73. The van der Waals surface area contributed by atoms with Crippen LogP contribution in [-0.4, -0.2) is 38.5 Å². The van der Waals surface area contributed by atoms with Crippen LogP contribution >= 0.6 is 15.9 Å². The van der Waals surface area contributed by atoms with Crippen molar-refractivity contribution in [2.45, 2.75) is 20.1 Å². The quantitative estimate of drug-likeness (QED) is 0.485. The molecule has 0 saturated heterocycles. The van der Waals surface area contributed by atoms with Crippen LogP contribution < -0.4 is 20.1 Å². The smallest absolute Gasteiger partial charge is 0.175 e. The van der Waals surface area contributed by atoms with Gasteiger partial charge in [0, 0.05) is 26.2 Å². The Labute approximate surface area is 163 Å². The van der Waals surface area contributed by atoms with Crippen LogP contribution in [0.3, 0.4) is 0 Å². The van der Waals surface area contributed by atoms with E-state index in [1.54, 1.807) is 7.11 Å². The summed E-state index contributed by atoms with van der Waals surface area (Å²) in [6, 6.07) is 12.2. The molecule has 3 N–H and O–H groups in total. The van der Waals surface area contributed by atoms with E-state index in [1.807, 2.05) is 24.3 Å². The topological polar surface area (TPSA) is 62.8 Å². The number of hydrogen-bond acceptors (Lipinski definition) is 5. The van der Waals surface area contributed by atoms with Crippen LogP contribution in [-0.2, 0) is 13.2 Å². The molecule has 0 heterocycles. The van der Waals surface area contributed by atoms with Crippen molar-refractivity contribution in [1.29, 1.82) is 0 Å². The highest BCUT2D eigenvalue weighted by Gasteiger charge is 2.12. The Morgan fingerprint density at radius 1 is 1.08 bits per heavy atom. The van der Waals surface area contributed by atoms with Crippen molar-refractivity contribution >= 4 is 15.9 Å². The largest absolute Gasteiger partial charge is 0.493 e. The van der Waals surface area contributed by atoms with Gasteiger partial charge in [-0.05, 0) is 51.7 Å². The summed E-state index contributed by atoms with van der Waals surface area (Å²) < 4.78 is 12.4. The molecule has 0 spiro atoms. The van der Waals surface area contributed by atoms with E-state index in [-0.39, 0.29) is 6.61 Å². The Kier molecular flexibility index (Phi) is 8.91. The molecule has 142 valence electrons. The zero-order valence-corrected chi connectivity index (χ0v) is 16.9. The van der Waals surface area contributed by atoms with Gasteiger partial charge < -0.3 is 25.2 Å². The van der Waals surface area contributed by atoms with E-state index >= 15 is 0 Å². The molecule has 0 bridgehead atoms. The number of ether oxygens (including phenoxy) is 2. The number of aliphatic hydroxyl groups excluding tert-OH is 1. The van der Waals surface area contributed by atoms with Gasteiger partial charge in [-0.2, -0.15) is 0 Å². The zero-order valence-electron chi connectivity index (χ0n) is 15.3. The Morgan fingerprint density at radius 2 is 1.85 bits per heavy atom. The number of aliphatic hydroxyl groups is 1. The maximum absolute atomic E-state index is 8.73. The van der Waals surface area contributed by atoms with Crippen LogP contribution in [0, 0.1) is 6.92 Å². The number of rotatable bonds is 11. The van der Waals surface area contributed by atoms with E-state index in [0.29, 0.717) is 24.7 Å². The molecular formula is C20H27BrN2O3. The van der Waals surface area contributed by atoms with Crippen LogP contribution in [0.1, 0.15) is 16.7 Å². The normalized spacial score (nSPS) is 10.8. The van der Waals surface area contributed by atoms with Crippen molar-refractivity contribution in [3.63, 3.8) is 0 Å². The van der Waals surface area contributed by atoms with E-state index in [9.17, 15) is 0 Å². The lowest BCUT2D eigenvalue weighted by Gasteiger charge is -2.15. The predicted molar refractivity (Wildman–Crippen MR) is 108 cm³/mol. The van der Waals surface area contributed by atoms with Crippen molar-refractivity contribution in [2.75, 3.05) is 33.4 Å². The number of aryl methyl sites for hydroxylation is 1. The Balaban J connectivity index is 1.96.